The maximum Gasteiger partial charge on any atom is 0.123 e. The zero-order chi connectivity index (χ0) is 22.2. The monoisotopic (exact) mass is 410 g/mol. The fourth-order valence-electron chi connectivity index (χ4n) is 3.70. The van der Waals surface area contributed by atoms with Crippen molar-refractivity contribution in [3.63, 3.8) is 0 Å². The van der Waals surface area contributed by atoms with Gasteiger partial charge in [-0.15, -0.1) is 6.58 Å². The average molecular weight is 411 g/mol. The topological polar surface area (TPSA) is 36.7 Å². The van der Waals surface area contributed by atoms with E-state index in [1.165, 1.54) is 6.07 Å². The molecule has 0 bridgehead atoms. The van der Waals surface area contributed by atoms with Crippen LogP contribution in [0.3, 0.4) is 0 Å². The van der Waals surface area contributed by atoms with Crippen molar-refractivity contribution in [1.82, 2.24) is 4.98 Å². The highest BCUT2D eigenvalue weighted by atomic mass is 19.1. The third-order valence-electron chi connectivity index (χ3n) is 5.42. The number of pyridine rings is 1. The Morgan fingerprint density at radius 2 is 1.94 bits per heavy atom. The van der Waals surface area contributed by atoms with Crippen LogP contribution in [0.5, 0.6) is 0 Å². The van der Waals surface area contributed by atoms with Crippen LogP contribution < -0.4 is 0 Å². The van der Waals surface area contributed by atoms with Gasteiger partial charge >= 0.3 is 0 Å². The maximum absolute atomic E-state index is 13.5. The van der Waals surface area contributed by atoms with Gasteiger partial charge in [0, 0.05) is 11.3 Å². The minimum atomic E-state index is -0.210. The van der Waals surface area contributed by atoms with Gasteiger partial charge in [-0.25, -0.2) is 4.39 Å². The van der Waals surface area contributed by atoms with Crippen molar-refractivity contribution in [2.24, 2.45) is 5.92 Å². The molecule has 156 valence electrons. The molecule has 0 spiro atoms. The standard InChI is InChI=1S/C28H27FN2/c1-4-20(2)17-21(3)25-15-16-28(26-13-6-5-11-23(26)19-30)31-27(25)14-8-10-22-9-7-12-24(29)18-22/h4-7,9,11-13,15-16,18,20H,1,3,8,10,14,17H2,2H3. The van der Waals surface area contributed by atoms with E-state index in [2.05, 4.69) is 32.2 Å². The van der Waals surface area contributed by atoms with E-state index in [0.29, 0.717) is 11.5 Å². The molecule has 1 heterocycles. The Balaban J connectivity index is 1.90. The van der Waals surface area contributed by atoms with Crippen LogP contribution in [0.25, 0.3) is 16.8 Å². The van der Waals surface area contributed by atoms with Crippen molar-refractivity contribution in [2.75, 3.05) is 0 Å². The van der Waals surface area contributed by atoms with Crippen LogP contribution in [0.15, 0.2) is 79.9 Å². The van der Waals surface area contributed by atoms with E-state index in [1.54, 1.807) is 18.2 Å². The van der Waals surface area contributed by atoms with Gasteiger partial charge in [0.05, 0.1) is 17.3 Å². The van der Waals surface area contributed by atoms with E-state index < -0.39 is 0 Å². The van der Waals surface area contributed by atoms with Gasteiger partial charge in [-0.2, -0.15) is 5.26 Å². The smallest absolute Gasteiger partial charge is 0.123 e. The predicted molar refractivity (Wildman–Crippen MR) is 126 cm³/mol. The molecule has 0 fully saturated rings. The first-order valence-electron chi connectivity index (χ1n) is 10.6. The van der Waals surface area contributed by atoms with Crippen molar-refractivity contribution >= 4 is 5.57 Å². The lowest BCUT2D eigenvalue weighted by Crippen LogP contribution is -2.03. The van der Waals surface area contributed by atoms with Crippen LogP contribution in [0.2, 0.25) is 0 Å². The molecule has 0 aliphatic heterocycles. The molecule has 0 saturated heterocycles. The summed E-state index contributed by atoms with van der Waals surface area (Å²) in [5.41, 5.74) is 6.23. The molecule has 2 nitrogen and oxygen atoms in total. The summed E-state index contributed by atoms with van der Waals surface area (Å²) < 4.78 is 13.5. The van der Waals surface area contributed by atoms with E-state index >= 15 is 0 Å². The molecular weight excluding hydrogens is 383 g/mol. The van der Waals surface area contributed by atoms with Gasteiger partial charge in [-0.1, -0.05) is 56.0 Å². The zero-order valence-electron chi connectivity index (χ0n) is 17.9. The molecule has 2 aromatic carbocycles. The van der Waals surface area contributed by atoms with E-state index in [4.69, 9.17) is 4.98 Å². The molecule has 1 unspecified atom stereocenters. The number of nitrogens with zero attached hydrogens (tertiary/aromatic N) is 2. The molecule has 3 aromatic rings. The number of halogens is 1. The SMILES string of the molecule is C=CC(C)CC(=C)c1ccc(-c2ccccc2C#N)nc1CCCc1cccc(F)c1. The number of aryl methyl sites for hydroxylation is 2. The number of hydrogen-bond acceptors (Lipinski definition) is 2. The lowest BCUT2D eigenvalue weighted by molar-refractivity contribution is 0.624. The largest absolute Gasteiger partial charge is 0.252 e. The van der Waals surface area contributed by atoms with Crippen molar-refractivity contribution in [2.45, 2.75) is 32.6 Å². The summed E-state index contributed by atoms with van der Waals surface area (Å²) in [6.45, 7) is 10.3. The third kappa shape index (κ3) is 5.77. The molecule has 0 radical (unpaired) electrons. The van der Waals surface area contributed by atoms with Crippen molar-refractivity contribution in [3.05, 3.63) is 108 Å². The minimum absolute atomic E-state index is 0.210. The van der Waals surface area contributed by atoms with Gasteiger partial charge in [0.2, 0.25) is 0 Å². The van der Waals surface area contributed by atoms with Crippen molar-refractivity contribution in [1.29, 1.82) is 5.26 Å². The number of rotatable bonds is 9. The Morgan fingerprint density at radius 3 is 2.68 bits per heavy atom. The Hall–Kier alpha value is -3.51. The quantitative estimate of drug-likeness (QED) is 0.351. The van der Waals surface area contributed by atoms with Crippen molar-refractivity contribution in [3.8, 4) is 17.3 Å². The molecule has 0 aliphatic rings. The van der Waals surface area contributed by atoms with Crippen LogP contribution in [-0.4, -0.2) is 4.98 Å². The number of allylic oxidation sites excluding steroid dienone is 2. The lowest BCUT2D eigenvalue weighted by atomic mass is 9.93. The highest BCUT2D eigenvalue weighted by molar-refractivity contribution is 5.71. The Labute approximate surface area is 184 Å². The normalized spacial score (nSPS) is 11.5. The lowest BCUT2D eigenvalue weighted by Gasteiger charge is -2.15. The summed E-state index contributed by atoms with van der Waals surface area (Å²) in [7, 11) is 0. The van der Waals surface area contributed by atoms with Gasteiger partial charge in [-0.05, 0) is 72.6 Å². The molecule has 3 heteroatoms. The summed E-state index contributed by atoms with van der Waals surface area (Å²) >= 11 is 0. The minimum Gasteiger partial charge on any atom is -0.252 e. The second-order valence-electron chi connectivity index (χ2n) is 7.85. The zero-order valence-corrected chi connectivity index (χ0v) is 17.9. The predicted octanol–water partition coefficient (Wildman–Crippen LogP) is 7.16. The highest BCUT2D eigenvalue weighted by Gasteiger charge is 2.13. The fourth-order valence-corrected chi connectivity index (χ4v) is 3.70. The van der Waals surface area contributed by atoms with E-state index in [1.807, 2.05) is 36.4 Å². The van der Waals surface area contributed by atoms with Crippen molar-refractivity contribution < 1.29 is 4.39 Å². The average Bonchev–Trinajstić information content (AvgIpc) is 2.78. The molecule has 0 saturated carbocycles. The number of nitriles is 1. The van der Waals surface area contributed by atoms with Gasteiger partial charge in [-0.3, -0.25) is 4.98 Å². The number of hydrogen-bond donors (Lipinski definition) is 0. The molecule has 31 heavy (non-hydrogen) atoms. The molecule has 1 aromatic heterocycles. The van der Waals surface area contributed by atoms with Crippen LogP contribution in [-0.2, 0) is 12.8 Å². The van der Waals surface area contributed by atoms with Gasteiger partial charge in [0.15, 0.2) is 0 Å². The van der Waals surface area contributed by atoms with Gasteiger partial charge in [0.25, 0.3) is 0 Å². The second kappa shape index (κ2) is 10.5. The number of aromatic nitrogens is 1. The maximum atomic E-state index is 13.5. The molecule has 3 rings (SSSR count). The fraction of sp³-hybridized carbons (Fsp3) is 0.214. The summed E-state index contributed by atoms with van der Waals surface area (Å²) in [6, 6.07) is 20.5. The Kier molecular flexibility index (Phi) is 7.51. The third-order valence-corrected chi connectivity index (χ3v) is 5.42. The first-order valence-corrected chi connectivity index (χ1v) is 10.6. The second-order valence-corrected chi connectivity index (χ2v) is 7.85. The van der Waals surface area contributed by atoms with Gasteiger partial charge < -0.3 is 0 Å². The summed E-state index contributed by atoms with van der Waals surface area (Å²) in [6.07, 6.45) is 5.11. The number of benzene rings is 2. The van der Waals surface area contributed by atoms with Crippen LogP contribution >= 0.6 is 0 Å². The molecule has 0 amide bonds. The Morgan fingerprint density at radius 1 is 1.13 bits per heavy atom. The first kappa shape index (κ1) is 22.2. The molecule has 0 aliphatic carbocycles. The molecule has 0 N–H and O–H groups in total. The first-order chi connectivity index (χ1) is 15.0. The summed E-state index contributed by atoms with van der Waals surface area (Å²) in [5.74, 6) is 0.116. The highest BCUT2D eigenvalue weighted by Crippen LogP contribution is 2.29. The molecule has 1 atom stereocenters. The van der Waals surface area contributed by atoms with Crippen LogP contribution in [0, 0.1) is 23.1 Å². The van der Waals surface area contributed by atoms with Crippen LogP contribution in [0.4, 0.5) is 4.39 Å². The van der Waals surface area contributed by atoms with E-state index in [-0.39, 0.29) is 5.82 Å². The van der Waals surface area contributed by atoms with E-state index in [0.717, 1.165) is 59.3 Å². The van der Waals surface area contributed by atoms with Crippen LogP contribution in [0.1, 0.15) is 42.1 Å². The summed E-state index contributed by atoms with van der Waals surface area (Å²) in [5, 5.41) is 9.48. The Bertz CT molecular complexity index is 1120. The van der Waals surface area contributed by atoms with Gasteiger partial charge in [0.1, 0.15) is 5.82 Å². The molecular formula is C28H27FN2. The summed E-state index contributed by atoms with van der Waals surface area (Å²) in [4.78, 5) is 4.94. The van der Waals surface area contributed by atoms with E-state index in [9.17, 15) is 9.65 Å².